The van der Waals surface area contributed by atoms with Crippen LogP contribution in [0.2, 0.25) is 0 Å². The number of rotatable bonds is 0. The van der Waals surface area contributed by atoms with Crippen molar-refractivity contribution in [2.75, 3.05) is 0 Å². The zero-order valence-corrected chi connectivity index (χ0v) is 5.05. The number of aromatic nitrogens is 3. The first kappa shape index (κ1) is 5.28. The highest BCUT2D eigenvalue weighted by molar-refractivity contribution is 4.87. The van der Waals surface area contributed by atoms with Gasteiger partial charge in [-0.1, -0.05) is 0 Å². The van der Waals surface area contributed by atoms with Crippen molar-refractivity contribution in [3.05, 3.63) is 18.7 Å². The summed E-state index contributed by atoms with van der Waals surface area (Å²) in [6.45, 7) is 3.71. The predicted molar refractivity (Wildman–Crippen MR) is 30.3 cm³/mol. The van der Waals surface area contributed by atoms with Crippen molar-refractivity contribution in [1.82, 2.24) is 14.8 Å². The van der Waals surface area contributed by atoms with Crippen LogP contribution in [0.1, 0.15) is 11.6 Å². The van der Waals surface area contributed by atoms with Crippen LogP contribution in [0.5, 0.6) is 0 Å². The van der Waals surface area contributed by atoms with Gasteiger partial charge < -0.3 is 0 Å². The van der Waals surface area contributed by atoms with E-state index in [1.165, 1.54) is 4.68 Å². The van der Waals surface area contributed by atoms with Crippen LogP contribution in [0.25, 0.3) is 0 Å². The molecule has 0 bridgehead atoms. The first-order valence-electron chi connectivity index (χ1n) is 2.41. The summed E-state index contributed by atoms with van der Waals surface area (Å²) < 4.78 is 1.51. The Labute approximate surface area is 48.4 Å². The lowest BCUT2D eigenvalue weighted by Crippen LogP contribution is -1.89. The Bertz CT molecular complexity index is 170. The van der Waals surface area contributed by atoms with Gasteiger partial charge in [0.1, 0.15) is 11.6 Å². The Kier molecular flexibility index (Phi) is 1.04. The van der Waals surface area contributed by atoms with Crippen LogP contribution in [0, 0.1) is 20.9 Å². The molecule has 1 aromatic rings. The van der Waals surface area contributed by atoms with Crippen molar-refractivity contribution in [3.63, 3.8) is 0 Å². The molecule has 1 aromatic heterocycles. The molecule has 43 valence electrons. The van der Waals surface area contributed by atoms with Crippen LogP contribution in [0.15, 0.2) is 0 Å². The number of hydrogen-bond donors (Lipinski definition) is 0. The summed E-state index contributed by atoms with van der Waals surface area (Å²) >= 11 is 0. The van der Waals surface area contributed by atoms with Crippen molar-refractivity contribution in [1.29, 1.82) is 0 Å². The summed E-state index contributed by atoms with van der Waals surface area (Å²) in [5, 5.41) is 3.91. The van der Waals surface area contributed by atoms with Gasteiger partial charge in [-0.05, 0) is 13.8 Å². The van der Waals surface area contributed by atoms with Gasteiger partial charge in [-0.3, -0.25) is 0 Å². The Hall–Kier alpha value is -0.860. The summed E-state index contributed by atoms with van der Waals surface area (Å²) in [5.41, 5.74) is 0. The van der Waals surface area contributed by atoms with Gasteiger partial charge in [-0.15, -0.1) is 0 Å². The minimum Gasteiger partial charge on any atom is -0.248 e. The van der Waals surface area contributed by atoms with Gasteiger partial charge in [-0.25, -0.2) is 9.67 Å². The summed E-state index contributed by atoms with van der Waals surface area (Å²) in [4.78, 5) is 4.00. The molecule has 0 amide bonds. The SMILES string of the molecule is [CH2]n1nc(C)nc1C. The second-order valence-electron chi connectivity index (χ2n) is 1.71. The van der Waals surface area contributed by atoms with Crippen LogP contribution in [-0.4, -0.2) is 14.8 Å². The largest absolute Gasteiger partial charge is 0.248 e. The highest BCUT2D eigenvalue weighted by Gasteiger charge is 1.93. The molecule has 0 aliphatic heterocycles. The van der Waals surface area contributed by atoms with Crippen molar-refractivity contribution in [3.8, 4) is 0 Å². The maximum Gasteiger partial charge on any atom is 0.147 e. The molecule has 1 rings (SSSR count). The van der Waals surface area contributed by atoms with E-state index in [-0.39, 0.29) is 0 Å². The minimum absolute atomic E-state index is 0.775. The number of nitrogens with zero attached hydrogens (tertiary/aromatic N) is 3. The second-order valence-corrected chi connectivity index (χ2v) is 1.71. The monoisotopic (exact) mass is 110 g/mol. The minimum atomic E-state index is 0.775. The van der Waals surface area contributed by atoms with Crippen LogP contribution in [-0.2, 0) is 0 Å². The normalized spacial score (nSPS) is 9.88. The molecule has 0 aliphatic rings. The van der Waals surface area contributed by atoms with Crippen LogP contribution in [0.4, 0.5) is 0 Å². The lowest BCUT2D eigenvalue weighted by molar-refractivity contribution is 0.827. The average molecular weight is 110 g/mol. The first-order valence-corrected chi connectivity index (χ1v) is 2.41. The fraction of sp³-hybridized carbons (Fsp3) is 0.400. The zero-order chi connectivity index (χ0) is 6.15. The quantitative estimate of drug-likeness (QED) is 0.488. The van der Waals surface area contributed by atoms with E-state index < -0.39 is 0 Å². The molecule has 0 unspecified atom stereocenters. The molecule has 0 spiro atoms. The maximum atomic E-state index is 4.00. The van der Waals surface area contributed by atoms with Gasteiger partial charge in [0.2, 0.25) is 0 Å². The Morgan fingerprint density at radius 3 is 2.25 bits per heavy atom. The molecular formula is C5H8N3. The molecule has 8 heavy (non-hydrogen) atoms. The molecule has 0 saturated carbocycles. The highest BCUT2D eigenvalue weighted by Crippen LogP contribution is 1.90. The maximum absolute atomic E-state index is 4.00. The van der Waals surface area contributed by atoms with Crippen molar-refractivity contribution < 1.29 is 0 Å². The molecule has 1 radical (unpaired) electrons. The van der Waals surface area contributed by atoms with Gasteiger partial charge in [0.15, 0.2) is 0 Å². The van der Waals surface area contributed by atoms with E-state index in [4.69, 9.17) is 0 Å². The Balaban J connectivity index is 3.14. The summed E-state index contributed by atoms with van der Waals surface area (Å²) in [5.74, 6) is 1.63. The van der Waals surface area contributed by atoms with Crippen LogP contribution >= 0.6 is 0 Å². The van der Waals surface area contributed by atoms with E-state index in [1.54, 1.807) is 0 Å². The van der Waals surface area contributed by atoms with E-state index in [0.29, 0.717) is 0 Å². The van der Waals surface area contributed by atoms with Gasteiger partial charge in [0.05, 0.1) is 7.05 Å². The van der Waals surface area contributed by atoms with Crippen LogP contribution in [0.3, 0.4) is 0 Å². The summed E-state index contributed by atoms with van der Waals surface area (Å²) in [6, 6.07) is 0. The van der Waals surface area contributed by atoms with Crippen molar-refractivity contribution in [2.45, 2.75) is 13.8 Å². The average Bonchev–Trinajstić information content (AvgIpc) is 1.85. The molecule has 0 fully saturated rings. The zero-order valence-electron chi connectivity index (χ0n) is 5.05. The van der Waals surface area contributed by atoms with Crippen LogP contribution < -0.4 is 0 Å². The fourth-order valence-electron chi connectivity index (χ4n) is 0.561. The van der Waals surface area contributed by atoms with E-state index in [9.17, 15) is 0 Å². The van der Waals surface area contributed by atoms with Gasteiger partial charge >= 0.3 is 0 Å². The lowest BCUT2D eigenvalue weighted by Gasteiger charge is -1.84. The van der Waals surface area contributed by atoms with Gasteiger partial charge in [0, 0.05) is 0 Å². The molecule has 0 aromatic carbocycles. The highest BCUT2D eigenvalue weighted by atomic mass is 15.3. The second kappa shape index (κ2) is 1.58. The molecule has 0 saturated heterocycles. The molecule has 0 aliphatic carbocycles. The lowest BCUT2D eigenvalue weighted by atomic mass is 10.7. The first-order chi connectivity index (χ1) is 3.70. The third kappa shape index (κ3) is 0.710. The van der Waals surface area contributed by atoms with E-state index in [1.807, 2.05) is 13.8 Å². The van der Waals surface area contributed by atoms with Gasteiger partial charge in [0.25, 0.3) is 0 Å². The summed E-state index contributed by atoms with van der Waals surface area (Å²) in [7, 11) is 3.58. The Morgan fingerprint density at radius 2 is 2.12 bits per heavy atom. The predicted octanol–water partition coefficient (Wildman–Crippen LogP) is 0.535. The van der Waals surface area contributed by atoms with E-state index >= 15 is 0 Å². The topological polar surface area (TPSA) is 30.7 Å². The van der Waals surface area contributed by atoms with Crippen molar-refractivity contribution in [2.24, 2.45) is 0 Å². The third-order valence-corrected chi connectivity index (χ3v) is 0.963. The van der Waals surface area contributed by atoms with E-state index in [2.05, 4.69) is 17.1 Å². The number of hydrogen-bond acceptors (Lipinski definition) is 2. The fourth-order valence-corrected chi connectivity index (χ4v) is 0.561. The molecule has 1 heterocycles. The number of aryl methyl sites for hydroxylation is 2. The summed E-state index contributed by atoms with van der Waals surface area (Å²) in [6.07, 6.45) is 0. The smallest absolute Gasteiger partial charge is 0.147 e. The van der Waals surface area contributed by atoms with Gasteiger partial charge in [-0.2, -0.15) is 5.10 Å². The van der Waals surface area contributed by atoms with E-state index in [0.717, 1.165) is 11.6 Å². The molecule has 3 heteroatoms. The third-order valence-electron chi connectivity index (χ3n) is 0.963. The molecule has 3 nitrogen and oxygen atoms in total. The standard InChI is InChI=1S/C5H8N3/c1-4-6-5(2)8(3)7-4/h3H2,1-2H3. The molecule has 0 atom stereocenters. The van der Waals surface area contributed by atoms with Crippen molar-refractivity contribution >= 4 is 0 Å². The molecular weight excluding hydrogens is 102 g/mol. The molecule has 0 N–H and O–H groups in total. The Morgan fingerprint density at radius 1 is 1.50 bits per heavy atom.